The molecule has 2 aromatic rings. The summed E-state index contributed by atoms with van der Waals surface area (Å²) in [6, 6.07) is 13.9. The maximum absolute atomic E-state index is 12.6. The molecule has 0 heterocycles. The Morgan fingerprint density at radius 1 is 1.00 bits per heavy atom. The van der Waals surface area contributed by atoms with Crippen molar-refractivity contribution in [1.82, 2.24) is 5.32 Å². The Balaban J connectivity index is 1.59. The summed E-state index contributed by atoms with van der Waals surface area (Å²) in [5.41, 5.74) is 2.24. The van der Waals surface area contributed by atoms with E-state index >= 15 is 0 Å². The Bertz CT molecular complexity index is 801. The van der Waals surface area contributed by atoms with Crippen molar-refractivity contribution in [3.05, 3.63) is 53.6 Å². The highest BCUT2D eigenvalue weighted by molar-refractivity contribution is 5.77. The number of para-hydroxylation sites is 1. The summed E-state index contributed by atoms with van der Waals surface area (Å²) in [5, 5.41) is 3.07. The van der Waals surface area contributed by atoms with Crippen molar-refractivity contribution in [2.75, 3.05) is 27.9 Å². The predicted molar refractivity (Wildman–Crippen MR) is 109 cm³/mol. The number of ether oxygens (including phenoxy) is 3. The molecule has 1 aliphatic rings. The van der Waals surface area contributed by atoms with Gasteiger partial charge in [-0.15, -0.1) is 0 Å². The van der Waals surface area contributed by atoms with Crippen molar-refractivity contribution in [3.63, 3.8) is 0 Å². The number of carbonyl (C=O) groups excluding carboxylic acids is 1. The molecule has 1 saturated carbocycles. The summed E-state index contributed by atoms with van der Waals surface area (Å²) in [7, 11) is 4.93. The Hall–Kier alpha value is -2.69. The van der Waals surface area contributed by atoms with Crippen molar-refractivity contribution in [2.45, 2.75) is 31.6 Å². The van der Waals surface area contributed by atoms with Crippen LogP contribution >= 0.6 is 0 Å². The molecule has 0 aromatic heterocycles. The maximum atomic E-state index is 12.6. The first kappa shape index (κ1) is 20.1. The van der Waals surface area contributed by atoms with Crippen LogP contribution in [0.1, 0.15) is 36.3 Å². The summed E-state index contributed by atoms with van der Waals surface area (Å²) >= 11 is 0. The Kier molecular flexibility index (Phi) is 6.80. The van der Waals surface area contributed by atoms with Gasteiger partial charge >= 0.3 is 0 Å². The Morgan fingerprint density at radius 2 is 1.71 bits per heavy atom. The largest absolute Gasteiger partial charge is 0.496 e. The van der Waals surface area contributed by atoms with Crippen LogP contribution in [0, 0.1) is 5.92 Å². The molecule has 1 aliphatic carbocycles. The van der Waals surface area contributed by atoms with Crippen LogP contribution in [0.2, 0.25) is 0 Å². The molecule has 0 bridgehead atoms. The topological polar surface area (TPSA) is 56.8 Å². The lowest BCUT2D eigenvalue weighted by molar-refractivity contribution is -0.121. The molecule has 2 aromatic carbocycles. The molecule has 0 saturated heterocycles. The van der Waals surface area contributed by atoms with Gasteiger partial charge in [0.25, 0.3) is 0 Å². The average molecular weight is 383 g/mol. The van der Waals surface area contributed by atoms with Gasteiger partial charge in [-0.1, -0.05) is 24.3 Å². The summed E-state index contributed by atoms with van der Waals surface area (Å²) in [4.78, 5) is 12.6. The fourth-order valence-electron chi connectivity index (χ4n) is 3.66. The molecule has 1 fully saturated rings. The SMILES string of the molecule is COc1ccccc1CCNC(=O)CC(c1ccc(OC)c(OC)c1)C1CC1. The number of carbonyl (C=O) groups is 1. The molecule has 1 amide bonds. The molecule has 1 unspecified atom stereocenters. The minimum absolute atomic E-state index is 0.0848. The first-order chi connectivity index (χ1) is 13.7. The lowest BCUT2D eigenvalue weighted by atomic mass is 9.90. The van der Waals surface area contributed by atoms with Crippen LogP contribution in [0.25, 0.3) is 0 Å². The van der Waals surface area contributed by atoms with E-state index in [9.17, 15) is 4.79 Å². The zero-order chi connectivity index (χ0) is 19.9. The second kappa shape index (κ2) is 9.49. The van der Waals surface area contributed by atoms with E-state index in [1.54, 1.807) is 21.3 Å². The third-order valence-electron chi connectivity index (χ3n) is 5.34. The summed E-state index contributed by atoms with van der Waals surface area (Å²) in [5.74, 6) is 3.15. The highest BCUT2D eigenvalue weighted by Crippen LogP contribution is 2.46. The molecular formula is C23H29NO4. The molecule has 1 N–H and O–H groups in total. The van der Waals surface area contributed by atoms with Gasteiger partial charge in [0, 0.05) is 13.0 Å². The van der Waals surface area contributed by atoms with Crippen LogP contribution in [0.4, 0.5) is 0 Å². The molecule has 0 radical (unpaired) electrons. The summed E-state index contributed by atoms with van der Waals surface area (Å²) in [6.45, 7) is 0.600. The van der Waals surface area contributed by atoms with Gasteiger partial charge in [0.2, 0.25) is 5.91 Å². The first-order valence-corrected chi connectivity index (χ1v) is 9.76. The normalized spacial score (nSPS) is 14.2. The van der Waals surface area contributed by atoms with Gasteiger partial charge in [-0.25, -0.2) is 0 Å². The third-order valence-corrected chi connectivity index (χ3v) is 5.34. The van der Waals surface area contributed by atoms with E-state index in [-0.39, 0.29) is 11.8 Å². The zero-order valence-electron chi connectivity index (χ0n) is 16.9. The highest BCUT2D eigenvalue weighted by Gasteiger charge is 2.34. The number of methoxy groups -OCH3 is 3. The zero-order valence-corrected chi connectivity index (χ0v) is 16.9. The maximum Gasteiger partial charge on any atom is 0.220 e. The molecular weight excluding hydrogens is 354 g/mol. The minimum Gasteiger partial charge on any atom is -0.496 e. The highest BCUT2D eigenvalue weighted by atomic mass is 16.5. The monoisotopic (exact) mass is 383 g/mol. The standard InChI is InChI=1S/C23H29NO4/c1-26-20-7-5-4-6-17(20)12-13-24-23(25)15-19(16-8-9-16)18-10-11-21(27-2)22(14-18)28-3/h4-7,10-11,14,16,19H,8-9,12-13,15H2,1-3H3,(H,24,25). The lowest BCUT2D eigenvalue weighted by Crippen LogP contribution is -2.27. The number of hydrogen-bond donors (Lipinski definition) is 1. The average Bonchev–Trinajstić information content (AvgIpc) is 3.57. The van der Waals surface area contributed by atoms with Gasteiger partial charge in [0.05, 0.1) is 21.3 Å². The molecule has 0 spiro atoms. The predicted octanol–water partition coefficient (Wildman–Crippen LogP) is 3.96. The van der Waals surface area contributed by atoms with E-state index in [2.05, 4.69) is 5.32 Å². The van der Waals surface area contributed by atoms with Crippen molar-refractivity contribution < 1.29 is 19.0 Å². The number of amides is 1. The smallest absolute Gasteiger partial charge is 0.220 e. The minimum atomic E-state index is 0.0848. The van der Waals surface area contributed by atoms with Crippen molar-refractivity contribution in [1.29, 1.82) is 0 Å². The Labute approximate surface area is 167 Å². The molecule has 3 rings (SSSR count). The van der Waals surface area contributed by atoms with Crippen LogP contribution in [-0.2, 0) is 11.2 Å². The van der Waals surface area contributed by atoms with Gasteiger partial charge in [-0.2, -0.15) is 0 Å². The second-order valence-electron chi connectivity index (χ2n) is 7.17. The lowest BCUT2D eigenvalue weighted by Gasteiger charge is -2.18. The number of benzene rings is 2. The number of hydrogen-bond acceptors (Lipinski definition) is 4. The summed E-state index contributed by atoms with van der Waals surface area (Å²) < 4.78 is 16.1. The fourth-order valence-corrected chi connectivity index (χ4v) is 3.66. The van der Waals surface area contributed by atoms with E-state index in [0.717, 1.165) is 23.3 Å². The van der Waals surface area contributed by atoms with E-state index in [1.165, 1.54) is 12.8 Å². The van der Waals surface area contributed by atoms with Gasteiger partial charge in [-0.05, 0) is 60.4 Å². The van der Waals surface area contributed by atoms with Crippen LogP contribution in [0.3, 0.4) is 0 Å². The quantitative estimate of drug-likeness (QED) is 0.675. The van der Waals surface area contributed by atoms with Crippen molar-refractivity contribution >= 4 is 5.91 Å². The van der Waals surface area contributed by atoms with Crippen LogP contribution in [0.15, 0.2) is 42.5 Å². The van der Waals surface area contributed by atoms with Crippen LogP contribution < -0.4 is 19.5 Å². The molecule has 28 heavy (non-hydrogen) atoms. The van der Waals surface area contributed by atoms with Gasteiger partial charge in [0.1, 0.15) is 5.75 Å². The van der Waals surface area contributed by atoms with Crippen LogP contribution in [0.5, 0.6) is 17.2 Å². The van der Waals surface area contributed by atoms with Gasteiger partial charge in [0.15, 0.2) is 11.5 Å². The van der Waals surface area contributed by atoms with Gasteiger partial charge in [-0.3, -0.25) is 4.79 Å². The van der Waals surface area contributed by atoms with Crippen LogP contribution in [-0.4, -0.2) is 33.8 Å². The second-order valence-corrected chi connectivity index (χ2v) is 7.17. The van der Waals surface area contributed by atoms with Crippen molar-refractivity contribution in [2.24, 2.45) is 5.92 Å². The first-order valence-electron chi connectivity index (χ1n) is 9.76. The number of rotatable bonds is 10. The van der Waals surface area contributed by atoms with E-state index in [0.29, 0.717) is 30.4 Å². The van der Waals surface area contributed by atoms with E-state index < -0.39 is 0 Å². The Morgan fingerprint density at radius 3 is 2.39 bits per heavy atom. The van der Waals surface area contributed by atoms with Crippen molar-refractivity contribution in [3.8, 4) is 17.2 Å². The molecule has 0 aliphatic heterocycles. The molecule has 150 valence electrons. The van der Waals surface area contributed by atoms with Gasteiger partial charge < -0.3 is 19.5 Å². The number of nitrogens with one attached hydrogen (secondary N) is 1. The third kappa shape index (κ3) is 4.97. The molecule has 1 atom stereocenters. The fraction of sp³-hybridized carbons (Fsp3) is 0.435. The summed E-state index contributed by atoms with van der Waals surface area (Å²) in [6.07, 6.45) is 3.59. The molecule has 5 nitrogen and oxygen atoms in total. The van der Waals surface area contributed by atoms with E-state index in [4.69, 9.17) is 14.2 Å². The molecule has 5 heteroatoms. The van der Waals surface area contributed by atoms with E-state index in [1.807, 2.05) is 42.5 Å².